The summed E-state index contributed by atoms with van der Waals surface area (Å²) in [5.41, 5.74) is 5.26. The third kappa shape index (κ3) is 3.24. The molecule has 0 N–H and O–H groups in total. The zero-order valence-corrected chi connectivity index (χ0v) is 22.2. The number of rotatable bonds is 3. The molecule has 5 rings (SSSR count). The van der Waals surface area contributed by atoms with Gasteiger partial charge in [0, 0.05) is 0 Å². The average Bonchev–Trinajstić information content (AvgIpc) is 3.39. The molecule has 0 aromatic heterocycles. The van der Waals surface area contributed by atoms with E-state index >= 15 is 0 Å². The zero-order chi connectivity index (χ0) is 20.1. The molecule has 0 fully saturated rings. The van der Waals surface area contributed by atoms with Gasteiger partial charge in [-0.15, -0.1) is 0 Å². The molecule has 4 aliphatic rings. The van der Waals surface area contributed by atoms with E-state index in [0.717, 1.165) is 0 Å². The van der Waals surface area contributed by atoms with Crippen LogP contribution < -0.4 is 5.19 Å². The van der Waals surface area contributed by atoms with Crippen molar-refractivity contribution in [1.29, 1.82) is 0 Å². The molecule has 1 aromatic carbocycles. The van der Waals surface area contributed by atoms with Crippen LogP contribution in [0.3, 0.4) is 0 Å². The van der Waals surface area contributed by atoms with E-state index in [0.29, 0.717) is 7.25 Å². The Morgan fingerprint density at radius 2 is 1.24 bits per heavy atom. The van der Waals surface area contributed by atoms with Crippen molar-refractivity contribution in [2.24, 2.45) is 0 Å². The molecular formula is C25H30Cl2SiZr. The van der Waals surface area contributed by atoms with Gasteiger partial charge < -0.3 is 0 Å². The molecule has 152 valence electrons. The molecule has 0 radical (unpaired) electrons. The monoisotopic (exact) mass is 518 g/mol. The minimum absolute atomic E-state index is 0.317. The molecule has 0 saturated heterocycles. The Labute approximate surface area is 183 Å². The Bertz CT molecular complexity index is 982. The van der Waals surface area contributed by atoms with Crippen LogP contribution in [0.15, 0.2) is 76.9 Å². The fourth-order valence-electron chi connectivity index (χ4n) is 6.27. The molecule has 2 unspecified atom stereocenters. The van der Waals surface area contributed by atoms with Crippen LogP contribution >= 0.6 is 17.0 Å². The van der Waals surface area contributed by atoms with Crippen LogP contribution in [-0.4, -0.2) is 5.43 Å². The molecular weight excluding hydrogens is 490 g/mol. The topological polar surface area (TPSA) is 0 Å². The van der Waals surface area contributed by atoms with Crippen LogP contribution in [-0.2, 0) is 15.0 Å². The number of allylic oxidation sites excluding steroid dienone is 8. The molecule has 0 aliphatic heterocycles. The predicted molar refractivity (Wildman–Crippen MR) is 126 cm³/mol. The third-order valence-corrected chi connectivity index (χ3v) is 50.8. The van der Waals surface area contributed by atoms with Crippen molar-refractivity contribution >= 4 is 27.6 Å². The van der Waals surface area contributed by atoms with Crippen molar-refractivity contribution < 1.29 is 15.0 Å². The van der Waals surface area contributed by atoms with Crippen LogP contribution in [0, 0.1) is 0 Å². The summed E-state index contributed by atoms with van der Waals surface area (Å²) in [6.07, 6.45) is 19.7. The first-order valence-electron chi connectivity index (χ1n) is 11.3. The van der Waals surface area contributed by atoms with Crippen molar-refractivity contribution in [3.63, 3.8) is 0 Å². The van der Waals surface area contributed by atoms with Crippen molar-refractivity contribution in [1.82, 2.24) is 0 Å². The zero-order valence-electron chi connectivity index (χ0n) is 17.3. The van der Waals surface area contributed by atoms with E-state index in [1.54, 1.807) is 22.3 Å². The van der Waals surface area contributed by atoms with E-state index in [4.69, 9.17) is 17.0 Å². The molecule has 29 heavy (non-hydrogen) atoms. The van der Waals surface area contributed by atoms with Gasteiger partial charge in [0.25, 0.3) is 0 Å². The molecule has 1 aromatic rings. The number of halogens is 2. The average molecular weight is 521 g/mol. The van der Waals surface area contributed by atoms with Crippen molar-refractivity contribution in [2.75, 3.05) is 0 Å². The third-order valence-electron chi connectivity index (χ3n) is 7.90. The molecule has 0 bridgehead atoms. The molecule has 2 atom stereocenters. The van der Waals surface area contributed by atoms with Gasteiger partial charge in [-0.2, -0.15) is 0 Å². The summed E-state index contributed by atoms with van der Waals surface area (Å²) in [5.74, 6) is 0. The molecule has 4 aliphatic carbocycles. The summed E-state index contributed by atoms with van der Waals surface area (Å²) < 4.78 is 0.634. The maximum atomic E-state index is 8.18. The number of hydrogen-bond donors (Lipinski definition) is 0. The molecule has 0 spiro atoms. The van der Waals surface area contributed by atoms with Gasteiger partial charge >= 0.3 is 185 Å². The SMILES string of the molecule is C[Si](c1ccccc1)=[Zr]([Cl])([Cl])([CH]1C=CC2=C1CCCC2)[CH]1C=CC2=C1CCCC2. The van der Waals surface area contributed by atoms with Gasteiger partial charge in [-0.05, 0) is 0 Å². The number of benzene rings is 1. The second-order valence-electron chi connectivity index (χ2n) is 9.33. The van der Waals surface area contributed by atoms with Gasteiger partial charge in [-0.3, -0.25) is 0 Å². The second-order valence-corrected chi connectivity index (χ2v) is 46.3. The van der Waals surface area contributed by atoms with Gasteiger partial charge in [-0.1, -0.05) is 0 Å². The molecule has 0 nitrogen and oxygen atoms in total. The first-order chi connectivity index (χ1) is 14.0. The summed E-state index contributed by atoms with van der Waals surface area (Å²) in [6.45, 7) is 2.44. The van der Waals surface area contributed by atoms with Gasteiger partial charge in [0.15, 0.2) is 0 Å². The van der Waals surface area contributed by atoms with Crippen LogP contribution in [0.5, 0.6) is 0 Å². The molecule has 4 heteroatoms. The van der Waals surface area contributed by atoms with E-state index in [9.17, 15) is 0 Å². The maximum absolute atomic E-state index is 8.18. The Balaban J connectivity index is 1.77. The molecule has 0 amide bonds. The van der Waals surface area contributed by atoms with Gasteiger partial charge in [0.1, 0.15) is 0 Å². The first-order valence-corrected chi connectivity index (χ1v) is 26.1. The van der Waals surface area contributed by atoms with Crippen molar-refractivity contribution in [2.45, 2.75) is 65.2 Å². The summed E-state index contributed by atoms with van der Waals surface area (Å²) in [4.78, 5) is 0. The Morgan fingerprint density at radius 1 is 0.759 bits per heavy atom. The van der Waals surface area contributed by atoms with Gasteiger partial charge in [0.05, 0.1) is 0 Å². The Kier molecular flexibility index (Phi) is 5.56. The van der Waals surface area contributed by atoms with Gasteiger partial charge in [-0.25, -0.2) is 0 Å². The Morgan fingerprint density at radius 3 is 1.76 bits per heavy atom. The van der Waals surface area contributed by atoms with Crippen LogP contribution in [0.1, 0.15) is 51.4 Å². The van der Waals surface area contributed by atoms with E-state index in [-0.39, 0.29) is 0 Å². The summed E-state index contributed by atoms with van der Waals surface area (Å²) in [5, 5.41) is 1.42. The van der Waals surface area contributed by atoms with Gasteiger partial charge in [0.2, 0.25) is 0 Å². The first kappa shape index (κ1) is 20.7. The van der Waals surface area contributed by atoms with E-state index in [2.05, 4.69) is 61.2 Å². The summed E-state index contributed by atoms with van der Waals surface area (Å²) in [7, 11) is 16.4. The molecule has 0 saturated carbocycles. The van der Waals surface area contributed by atoms with Crippen molar-refractivity contribution in [3.05, 3.63) is 76.9 Å². The van der Waals surface area contributed by atoms with E-state index < -0.39 is 20.4 Å². The second kappa shape index (κ2) is 7.77. The quantitative estimate of drug-likeness (QED) is 0.355. The van der Waals surface area contributed by atoms with Crippen LogP contribution in [0.4, 0.5) is 0 Å². The normalized spacial score (nSPS) is 26.8. The Hall–Kier alpha value is -0.140. The number of hydrogen-bond acceptors (Lipinski definition) is 0. The standard InChI is InChI=1S/2C9H11.C7H8Si.2ClH.Zr/c2*1-2-5-9-7-3-6-8(9)4-1;1-8-7-5-3-2-4-6-7;;;/h2*3,6-7H,1-2,4-5H2;2-6H,1H3;2*1H;/q;;;;;+2/p-2. The fraction of sp³-hybridized carbons (Fsp3) is 0.440. The van der Waals surface area contributed by atoms with Crippen molar-refractivity contribution in [3.8, 4) is 0 Å². The predicted octanol–water partition coefficient (Wildman–Crippen LogP) is 7.97. The van der Waals surface area contributed by atoms with Crippen LogP contribution in [0.25, 0.3) is 0 Å². The van der Waals surface area contributed by atoms with Crippen LogP contribution in [0.2, 0.25) is 13.8 Å². The fourth-order valence-corrected chi connectivity index (χ4v) is 40.5. The van der Waals surface area contributed by atoms with E-state index in [1.165, 1.54) is 56.6 Å². The van der Waals surface area contributed by atoms with E-state index in [1.807, 2.05) is 0 Å². The minimum atomic E-state index is -4.38. The summed E-state index contributed by atoms with van der Waals surface area (Å²) in [6, 6.07) is 11.0. The molecule has 0 heterocycles. The summed E-state index contributed by atoms with van der Waals surface area (Å²) >= 11 is -4.38.